The van der Waals surface area contributed by atoms with Crippen LogP contribution in [0.25, 0.3) is 0 Å². The van der Waals surface area contributed by atoms with Crippen LogP contribution in [0.5, 0.6) is 0 Å². The van der Waals surface area contributed by atoms with Crippen molar-refractivity contribution in [1.82, 2.24) is 4.90 Å². The van der Waals surface area contributed by atoms with E-state index in [4.69, 9.17) is 0 Å². The van der Waals surface area contributed by atoms with E-state index in [9.17, 15) is 14.4 Å². The maximum absolute atomic E-state index is 14.8. The van der Waals surface area contributed by atoms with Gasteiger partial charge in [-0.05, 0) is 54.3 Å². The molecule has 3 aromatic rings. The van der Waals surface area contributed by atoms with E-state index >= 15 is 0 Å². The highest BCUT2D eigenvalue weighted by Crippen LogP contribution is 2.33. The summed E-state index contributed by atoms with van der Waals surface area (Å²) < 4.78 is 15.4. The molecule has 0 unspecified atom stereocenters. The van der Waals surface area contributed by atoms with Crippen LogP contribution in [0.3, 0.4) is 0 Å². The van der Waals surface area contributed by atoms with Crippen LogP contribution in [-0.2, 0) is 0 Å². The summed E-state index contributed by atoms with van der Waals surface area (Å²) in [7, 11) is 1.64. The number of hydrogen-bond donors (Lipinski definition) is 0. The number of carbonyl (C=O) groups excluding carboxylic acids is 1. The molecule has 0 spiro atoms. The smallest absolute Gasteiger partial charge is 0.260 e. The molecular formula is C24H25FN2O2S. The average Bonchev–Trinajstić information content (AvgIpc) is 2.74. The van der Waals surface area contributed by atoms with Gasteiger partial charge in [-0.2, -0.15) is 4.73 Å². The quantitative estimate of drug-likeness (QED) is 0.384. The van der Waals surface area contributed by atoms with Crippen molar-refractivity contribution in [2.45, 2.75) is 42.5 Å². The van der Waals surface area contributed by atoms with E-state index in [-0.39, 0.29) is 17.8 Å². The summed E-state index contributed by atoms with van der Waals surface area (Å²) in [4.78, 5) is 15.7. The molecule has 0 aliphatic carbocycles. The first-order valence-electron chi connectivity index (χ1n) is 9.79. The molecule has 1 aromatic heterocycles. The highest BCUT2D eigenvalue weighted by Gasteiger charge is 2.21. The lowest BCUT2D eigenvalue weighted by molar-refractivity contribution is -0.605. The Balaban J connectivity index is 1.74. The van der Waals surface area contributed by atoms with Gasteiger partial charge in [-0.1, -0.05) is 43.8 Å². The Morgan fingerprint density at radius 2 is 1.73 bits per heavy atom. The second-order valence-corrected chi connectivity index (χ2v) is 8.68. The summed E-state index contributed by atoms with van der Waals surface area (Å²) in [5.41, 5.74) is 2.23. The fraction of sp³-hybridized carbons (Fsp3) is 0.250. The molecule has 156 valence electrons. The SMILES string of the molecule is CC(C)c1ccc(Sc2ccc([C@@H](C)N(C)C(=O)c3ccc[n+]([O-])c3)cc2F)cc1. The number of carbonyl (C=O) groups is 1. The molecule has 2 aromatic carbocycles. The third-order valence-electron chi connectivity index (χ3n) is 5.14. The maximum atomic E-state index is 14.8. The van der Waals surface area contributed by atoms with Crippen LogP contribution in [0.1, 0.15) is 54.2 Å². The molecule has 4 nitrogen and oxygen atoms in total. The van der Waals surface area contributed by atoms with Gasteiger partial charge in [0.2, 0.25) is 0 Å². The zero-order chi connectivity index (χ0) is 21.8. The van der Waals surface area contributed by atoms with Crippen LogP contribution >= 0.6 is 11.8 Å². The Kier molecular flexibility index (Phi) is 6.77. The van der Waals surface area contributed by atoms with E-state index in [0.717, 1.165) is 4.90 Å². The maximum Gasteiger partial charge on any atom is 0.260 e. The van der Waals surface area contributed by atoms with Crippen LogP contribution in [0, 0.1) is 11.0 Å². The third kappa shape index (κ3) is 5.00. The van der Waals surface area contributed by atoms with Gasteiger partial charge in [-0.25, -0.2) is 4.39 Å². The number of nitrogens with zero attached hydrogens (tertiary/aromatic N) is 2. The van der Waals surface area contributed by atoms with Gasteiger partial charge >= 0.3 is 0 Å². The summed E-state index contributed by atoms with van der Waals surface area (Å²) in [5.74, 6) is -0.164. The van der Waals surface area contributed by atoms with Gasteiger partial charge in [0, 0.05) is 22.9 Å². The molecule has 1 amide bonds. The average molecular weight is 425 g/mol. The van der Waals surface area contributed by atoms with Crippen LogP contribution in [0.15, 0.2) is 76.8 Å². The zero-order valence-electron chi connectivity index (χ0n) is 17.5. The standard InChI is InChI=1S/C24H25FN2O2S/c1-16(2)18-7-10-21(11-8-18)30-23-12-9-19(14-22(23)25)17(3)26(4)24(28)20-6-5-13-27(29)15-20/h5-17H,1-4H3/t17-/m1/s1. The van der Waals surface area contributed by atoms with Gasteiger partial charge in [0.25, 0.3) is 5.91 Å². The predicted molar refractivity (Wildman–Crippen MR) is 117 cm³/mol. The Bertz CT molecular complexity index is 1040. The zero-order valence-corrected chi connectivity index (χ0v) is 18.3. The number of pyridine rings is 1. The molecule has 0 bridgehead atoms. The highest BCUT2D eigenvalue weighted by atomic mass is 32.2. The van der Waals surface area contributed by atoms with Crippen molar-refractivity contribution in [3.63, 3.8) is 0 Å². The van der Waals surface area contributed by atoms with Crippen molar-refractivity contribution in [1.29, 1.82) is 0 Å². The lowest BCUT2D eigenvalue weighted by Gasteiger charge is -2.25. The first-order chi connectivity index (χ1) is 14.3. The molecule has 0 saturated heterocycles. The Hall–Kier alpha value is -2.86. The van der Waals surface area contributed by atoms with Crippen molar-refractivity contribution in [2.24, 2.45) is 0 Å². The molecule has 0 fully saturated rings. The Morgan fingerprint density at radius 1 is 1.07 bits per heavy atom. The van der Waals surface area contributed by atoms with E-state index in [1.807, 2.05) is 25.1 Å². The van der Waals surface area contributed by atoms with Crippen LogP contribution < -0.4 is 4.73 Å². The molecule has 1 atom stereocenters. The normalized spacial score (nSPS) is 12.1. The summed E-state index contributed by atoms with van der Waals surface area (Å²) in [6, 6.07) is 16.0. The van der Waals surface area contributed by atoms with E-state index in [1.165, 1.54) is 46.8 Å². The molecular weight excluding hydrogens is 399 g/mol. The minimum atomic E-state index is -0.350. The molecule has 30 heavy (non-hydrogen) atoms. The van der Waals surface area contributed by atoms with Gasteiger partial charge in [-0.3, -0.25) is 4.79 Å². The first-order valence-corrected chi connectivity index (χ1v) is 10.6. The number of halogens is 1. The van der Waals surface area contributed by atoms with Crippen molar-refractivity contribution in [3.8, 4) is 0 Å². The van der Waals surface area contributed by atoms with Crippen molar-refractivity contribution < 1.29 is 13.9 Å². The predicted octanol–water partition coefficient (Wildman–Crippen LogP) is 5.57. The monoisotopic (exact) mass is 424 g/mol. The molecule has 1 heterocycles. The van der Waals surface area contributed by atoms with Gasteiger partial charge in [0.1, 0.15) is 11.4 Å². The van der Waals surface area contributed by atoms with E-state index < -0.39 is 0 Å². The lowest BCUT2D eigenvalue weighted by atomic mass is 10.0. The molecule has 3 rings (SSSR count). The topological polar surface area (TPSA) is 47.2 Å². The Morgan fingerprint density at radius 3 is 2.33 bits per heavy atom. The summed E-state index contributed by atoms with van der Waals surface area (Å²) >= 11 is 1.38. The summed E-state index contributed by atoms with van der Waals surface area (Å²) in [6.45, 7) is 6.11. The van der Waals surface area contributed by atoms with Crippen molar-refractivity contribution in [2.75, 3.05) is 7.05 Å². The molecule has 0 radical (unpaired) electrons. The molecule has 6 heteroatoms. The van der Waals surface area contributed by atoms with Gasteiger partial charge < -0.3 is 10.1 Å². The second kappa shape index (κ2) is 9.30. The fourth-order valence-electron chi connectivity index (χ4n) is 3.09. The number of aromatic nitrogens is 1. The van der Waals surface area contributed by atoms with Crippen LogP contribution in [0.2, 0.25) is 0 Å². The van der Waals surface area contributed by atoms with Crippen molar-refractivity contribution in [3.05, 3.63) is 94.7 Å². The molecule has 0 N–H and O–H groups in total. The Labute approximate surface area is 180 Å². The first kappa shape index (κ1) is 21.8. The number of rotatable bonds is 6. The molecule has 0 saturated carbocycles. The molecule has 0 aliphatic heterocycles. The highest BCUT2D eigenvalue weighted by molar-refractivity contribution is 7.99. The van der Waals surface area contributed by atoms with Gasteiger partial charge in [0.05, 0.1) is 6.04 Å². The second-order valence-electron chi connectivity index (χ2n) is 7.56. The minimum Gasteiger partial charge on any atom is -0.619 e. The lowest BCUT2D eigenvalue weighted by Crippen LogP contribution is -2.33. The number of benzene rings is 2. The largest absolute Gasteiger partial charge is 0.619 e. The van der Waals surface area contributed by atoms with Gasteiger partial charge in [-0.15, -0.1) is 0 Å². The van der Waals surface area contributed by atoms with E-state index in [0.29, 0.717) is 26.7 Å². The fourth-order valence-corrected chi connectivity index (χ4v) is 3.91. The number of amides is 1. The summed E-state index contributed by atoms with van der Waals surface area (Å²) in [5, 5.41) is 11.4. The van der Waals surface area contributed by atoms with Crippen LogP contribution in [0.4, 0.5) is 4.39 Å². The third-order valence-corrected chi connectivity index (χ3v) is 6.20. The van der Waals surface area contributed by atoms with E-state index in [1.54, 1.807) is 19.2 Å². The minimum absolute atomic E-state index is 0.291. The van der Waals surface area contributed by atoms with E-state index in [2.05, 4.69) is 26.0 Å². The molecule has 0 aliphatic rings. The van der Waals surface area contributed by atoms with Crippen LogP contribution in [-0.4, -0.2) is 17.9 Å². The number of hydrogen-bond acceptors (Lipinski definition) is 3. The van der Waals surface area contributed by atoms with Crippen molar-refractivity contribution >= 4 is 17.7 Å². The van der Waals surface area contributed by atoms with Gasteiger partial charge in [0.15, 0.2) is 12.4 Å². The summed E-state index contributed by atoms with van der Waals surface area (Å²) in [6.07, 6.45) is 2.55.